The van der Waals surface area contributed by atoms with Crippen LogP contribution in [-0.2, 0) is 16.1 Å². The minimum absolute atomic E-state index is 0.0619. The van der Waals surface area contributed by atoms with E-state index in [9.17, 15) is 9.59 Å². The Bertz CT molecular complexity index is 626. The minimum atomic E-state index is -0.944. The number of primary amides is 1. The molecule has 8 nitrogen and oxygen atoms in total. The van der Waals surface area contributed by atoms with Gasteiger partial charge < -0.3 is 15.6 Å². The zero-order chi connectivity index (χ0) is 15.2. The smallest absolute Gasteiger partial charge is 0.404 e. The maximum atomic E-state index is 10.7. The van der Waals surface area contributed by atoms with Gasteiger partial charge in [-0.2, -0.15) is 0 Å². The van der Waals surface area contributed by atoms with E-state index in [1.807, 2.05) is 17.5 Å². The van der Waals surface area contributed by atoms with Crippen molar-refractivity contribution in [2.24, 2.45) is 5.73 Å². The van der Waals surface area contributed by atoms with Gasteiger partial charge in [-0.25, -0.2) is 4.79 Å². The van der Waals surface area contributed by atoms with Crippen molar-refractivity contribution in [1.29, 1.82) is 0 Å². The fraction of sp³-hybridized carbons (Fsp3) is 0.273. The molecule has 0 aromatic carbocycles. The van der Waals surface area contributed by atoms with E-state index in [0.717, 1.165) is 16.6 Å². The first-order valence-corrected chi connectivity index (χ1v) is 7.68. The summed E-state index contributed by atoms with van der Waals surface area (Å²) in [5.74, 6) is -0.467. The van der Waals surface area contributed by atoms with Crippen LogP contribution in [0.3, 0.4) is 0 Å². The van der Waals surface area contributed by atoms with Gasteiger partial charge in [0.1, 0.15) is 6.61 Å². The van der Waals surface area contributed by atoms with E-state index in [0.29, 0.717) is 17.5 Å². The molecule has 0 saturated carbocycles. The lowest BCUT2D eigenvalue weighted by Crippen LogP contribution is -2.17. The zero-order valence-corrected chi connectivity index (χ0v) is 12.4. The molecule has 3 N–H and O–H groups in total. The van der Waals surface area contributed by atoms with E-state index in [1.54, 1.807) is 4.57 Å². The van der Waals surface area contributed by atoms with Crippen molar-refractivity contribution >= 4 is 35.2 Å². The van der Waals surface area contributed by atoms with Crippen molar-refractivity contribution < 1.29 is 19.4 Å². The van der Waals surface area contributed by atoms with Gasteiger partial charge >= 0.3 is 12.1 Å². The molecule has 1 amide bonds. The molecule has 0 saturated heterocycles. The average molecular weight is 328 g/mol. The van der Waals surface area contributed by atoms with Crippen LogP contribution >= 0.6 is 23.1 Å². The molecule has 0 radical (unpaired) electrons. The fourth-order valence-corrected chi connectivity index (χ4v) is 2.95. The molecule has 0 spiro atoms. The highest BCUT2D eigenvalue weighted by Gasteiger charge is 2.16. The molecular weight excluding hydrogens is 316 g/mol. The number of ether oxygens (including phenoxy) is 1. The van der Waals surface area contributed by atoms with E-state index in [4.69, 9.17) is 15.6 Å². The van der Waals surface area contributed by atoms with Crippen LogP contribution in [-0.4, -0.2) is 44.3 Å². The molecule has 2 aromatic rings. The average Bonchev–Trinajstić information content (AvgIpc) is 3.04. The molecule has 2 aromatic heterocycles. The number of aliphatic carboxylic acids is 1. The predicted molar refractivity (Wildman–Crippen MR) is 77.2 cm³/mol. The van der Waals surface area contributed by atoms with Crippen LogP contribution < -0.4 is 5.73 Å². The highest BCUT2D eigenvalue weighted by Crippen LogP contribution is 2.27. The lowest BCUT2D eigenvalue weighted by Gasteiger charge is -2.08. The second-order valence-electron chi connectivity index (χ2n) is 3.79. The zero-order valence-electron chi connectivity index (χ0n) is 10.8. The number of carbonyl (C=O) groups excluding carboxylic acids is 1. The molecule has 0 bridgehead atoms. The first-order valence-electron chi connectivity index (χ1n) is 5.82. The predicted octanol–water partition coefficient (Wildman–Crippen LogP) is 1.28. The van der Waals surface area contributed by atoms with Crippen molar-refractivity contribution in [2.45, 2.75) is 11.7 Å². The van der Waals surface area contributed by atoms with Crippen LogP contribution in [0.1, 0.15) is 0 Å². The standard InChI is InChI=1S/C11H12N4O4S2/c12-10(18)19-4-3-15-9(7-2-1-5-20-7)13-14-11(15)21-6-8(16)17/h1-2,5H,3-4,6H2,(H2,12,18)(H,16,17). The van der Waals surface area contributed by atoms with Crippen LogP contribution in [0.25, 0.3) is 10.7 Å². The van der Waals surface area contributed by atoms with Crippen LogP contribution in [0.15, 0.2) is 22.7 Å². The molecule has 0 aliphatic carbocycles. The van der Waals surface area contributed by atoms with Gasteiger partial charge in [0.2, 0.25) is 0 Å². The molecule has 2 heterocycles. The molecule has 0 aliphatic rings. The largest absolute Gasteiger partial charge is 0.481 e. The first kappa shape index (κ1) is 15.3. The number of nitrogens with two attached hydrogens (primary N) is 1. The highest BCUT2D eigenvalue weighted by molar-refractivity contribution is 7.99. The van der Waals surface area contributed by atoms with Crippen molar-refractivity contribution in [3.63, 3.8) is 0 Å². The van der Waals surface area contributed by atoms with Crippen LogP contribution in [0.2, 0.25) is 0 Å². The van der Waals surface area contributed by atoms with Gasteiger partial charge in [0.15, 0.2) is 11.0 Å². The fourth-order valence-electron chi connectivity index (χ4n) is 1.55. The Hall–Kier alpha value is -2.07. The Morgan fingerprint density at radius 2 is 2.29 bits per heavy atom. The van der Waals surface area contributed by atoms with E-state index in [1.165, 1.54) is 11.3 Å². The first-order chi connectivity index (χ1) is 10.1. The van der Waals surface area contributed by atoms with Crippen molar-refractivity contribution in [2.75, 3.05) is 12.4 Å². The van der Waals surface area contributed by atoms with Crippen molar-refractivity contribution in [1.82, 2.24) is 14.8 Å². The van der Waals surface area contributed by atoms with E-state index in [2.05, 4.69) is 10.2 Å². The van der Waals surface area contributed by atoms with Crippen molar-refractivity contribution in [3.8, 4) is 10.7 Å². The summed E-state index contributed by atoms with van der Waals surface area (Å²) in [4.78, 5) is 22.2. The Labute approximate surface area is 127 Å². The number of carboxylic acids is 1. The summed E-state index contributed by atoms with van der Waals surface area (Å²) in [6.45, 7) is 0.359. The quantitative estimate of drug-likeness (QED) is 0.734. The third-order valence-electron chi connectivity index (χ3n) is 2.34. The molecular formula is C11H12N4O4S2. The minimum Gasteiger partial charge on any atom is -0.481 e. The van der Waals surface area contributed by atoms with Gasteiger partial charge in [0.05, 0.1) is 17.2 Å². The summed E-state index contributed by atoms with van der Waals surface area (Å²) < 4.78 is 6.42. The van der Waals surface area contributed by atoms with Gasteiger partial charge in [-0.05, 0) is 11.4 Å². The van der Waals surface area contributed by atoms with Gasteiger partial charge in [0, 0.05) is 0 Å². The van der Waals surface area contributed by atoms with Gasteiger partial charge in [0.25, 0.3) is 0 Å². The molecule has 0 aliphatic heterocycles. The van der Waals surface area contributed by atoms with Crippen LogP contribution in [0, 0.1) is 0 Å². The number of hydrogen-bond donors (Lipinski definition) is 2. The molecule has 112 valence electrons. The number of amides is 1. The van der Waals surface area contributed by atoms with E-state index < -0.39 is 12.1 Å². The molecule has 0 unspecified atom stereocenters. The summed E-state index contributed by atoms with van der Waals surface area (Å²) >= 11 is 2.54. The molecule has 0 atom stereocenters. The second-order valence-corrected chi connectivity index (χ2v) is 5.68. The van der Waals surface area contributed by atoms with E-state index in [-0.39, 0.29) is 12.4 Å². The number of aromatic nitrogens is 3. The number of nitrogens with zero attached hydrogens (tertiary/aromatic N) is 3. The van der Waals surface area contributed by atoms with Crippen molar-refractivity contribution in [3.05, 3.63) is 17.5 Å². The maximum absolute atomic E-state index is 10.7. The number of rotatable bonds is 7. The molecule has 0 fully saturated rings. The van der Waals surface area contributed by atoms with E-state index >= 15 is 0 Å². The summed E-state index contributed by atoms with van der Waals surface area (Å²) in [6.07, 6.45) is -0.861. The summed E-state index contributed by atoms with van der Waals surface area (Å²) in [5.41, 5.74) is 4.92. The summed E-state index contributed by atoms with van der Waals surface area (Å²) in [7, 11) is 0. The van der Waals surface area contributed by atoms with Gasteiger partial charge in [-0.15, -0.1) is 21.5 Å². The normalized spacial score (nSPS) is 10.5. The monoisotopic (exact) mass is 328 g/mol. The summed E-state index contributed by atoms with van der Waals surface area (Å²) in [5, 5.41) is 19.2. The number of thiophene rings is 1. The summed E-state index contributed by atoms with van der Waals surface area (Å²) in [6, 6.07) is 3.76. The Morgan fingerprint density at radius 3 is 2.90 bits per heavy atom. The Kier molecular flexibility index (Phi) is 5.17. The van der Waals surface area contributed by atoms with Gasteiger partial charge in [-0.3, -0.25) is 9.36 Å². The SMILES string of the molecule is NC(=O)OCCn1c(SCC(=O)O)nnc1-c1cccs1. The Balaban J connectivity index is 2.20. The third kappa shape index (κ3) is 4.20. The third-order valence-corrected chi connectivity index (χ3v) is 4.16. The molecule has 21 heavy (non-hydrogen) atoms. The number of hydrogen-bond acceptors (Lipinski definition) is 7. The number of carbonyl (C=O) groups is 2. The number of thioether (sulfide) groups is 1. The molecule has 10 heteroatoms. The highest BCUT2D eigenvalue weighted by atomic mass is 32.2. The lowest BCUT2D eigenvalue weighted by atomic mass is 10.4. The maximum Gasteiger partial charge on any atom is 0.404 e. The number of carboxylic acid groups (broad SMARTS) is 1. The van der Waals surface area contributed by atoms with Gasteiger partial charge in [-0.1, -0.05) is 17.8 Å². The Morgan fingerprint density at radius 1 is 1.48 bits per heavy atom. The van der Waals surface area contributed by atoms with Crippen LogP contribution in [0.5, 0.6) is 0 Å². The van der Waals surface area contributed by atoms with Crippen LogP contribution in [0.4, 0.5) is 4.79 Å². The second kappa shape index (κ2) is 7.09. The molecule has 2 rings (SSSR count). The topological polar surface area (TPSA) is 120 Å². The lowest BCUT2D eigenvalue weighted by molar-refractivity contribution is -0.133.